The van der Waals surface area contributed by atoms with Gasteiger partial charge >= 0.3 is 11.9 Å². The molecule has 0 spiro atoms. The fraction of sp³-hybridized carbons (Fsp3) is 0.394. The summed E-state index contributed by atoms with van der Waals surface area (Å²) in [6.45, 7) is 11.3. The molecule has 0 bridgehead atoms. The van der Waals surface area contributed by atoms with Gasteiger partial charge < -0.3 is 29.4 Å². The first-order valence-electron chi connectivity index (χ1n) is 13.9. The van der Waals surface area contributed by atoms with Crippen molar-refractivity contribution in [2.45, 2.75) is 72.7 Å². The van der Waals surface area contributed by atoms with Crippen LogP contribution in [-0.2, 0) is 30.4 Å². The first-order valence-corrected chi connectivity index (χ1v) is 13.9. The molecule has 0 aliphatic rings. The molecular formula is C33H46N2O8. The number of aryl methyl sites for hydroxylation is 1. The molecule has 0 aliphatic carbocycles. The highest BCUT2D eigenvalue weighted by molar-refractivity contribution is 5.94. The lowest BCUT2D eigenvalue weighted by atomic mass is 10.0. The summed E-state index contributed by atoms with van der Waals surface area (Å²) in [7, 11) is 1.40. The van der Waals surface area contributed by atoms with Crippen LogP contribution in [0.3, 0.4) is 0 Å². The standard InChI is InChI=1S/C16H24O3.C10H12N2O5.C7H8.H2/c1-5-15(17)19-13(2)11-16(3,4)18-12-14-9-7-6-8-10-14;1-6(13)16-5-17-9-7(15-2)3-4-12-8(9)10(11)14;1-7-5-3-2-4-6-7;/h6-10,13H,5,11-12H2,1-4H3;3-4H,5H2,1-2H3,(H2,11,14);2-6H,1H3;1H/t13-;;;/m0.../s1. The largest absolute Gasteiger partial charge is 0.493 e. The zero-order valence-corrected chi connectivity index (χ0v) is 26.1. The van der Waals surface area contributed by atoms with Crippen LogP contribution in [0.2, 0.25) is 0 Å². The number of hydrogen-bond donors (Lipinski definition) is 1. The van der Waals surface area contributed by atoms with Gasteiger partial charge in [0.1, 0.15) is 6.10 Å². The number of carbonyl (C=O) groups is 3. The molecule has 0 fully saturated rings. The second kappa shape index (κ2) is 19.6. The Morgan fingerprint density at radius 3 is 2.09 bits per heavy atom. The minimum absolute atomic E-state index is 0. The molecule has 0 saturated heterocycles. The maximum atomic E-state index is 11.2. The van der Waals surface area contributed by atoms with Crippen molar-refractivity contribution < 1.29 is 39.5 Å². The quantitative estimate of drug-likeness (QED) is 0.195. The van der Waals surface area contributed by atoms with Gasteiger partial charge in [0.15, 0.2) is 17.2 Å². The monoisotopic (exact) mass is 598 g/mol. The maximum Gasteiger partial charge on any atom is 0.305 e. The van der Waals surface area contributed by atoms with Crippen LogP contribution >= 0.6 is 0 Å². The van der Waals surface area contributed by atoms with Gasteiger partial charge in [0.2, 0.25) is 6.79 Å². The van der Waals surface area contributed by atoms with E-state index < -0.39 is 11.9 Å². The topological polar surface area (TPSA) is 136 Å². The van der Waals surface area contributed by atoms with Gasteiger partial charge in [-0.1, -0.05) is 73.2 Å². The number of hydrogen-bond acceptors (Lipinski definition) is 9. The summed E-state index contributed by atoms with van der Waals surface area (Å²) in [5, 5.41) is 0. The van der Waals surface area contributed by atoms with E-state index in [0.29, 0.717) is 19.4 Å². The number of ether oxygens (including phenoxy) is 5. The van der Waals surface area contributed by atoms with Crippen molar-refractivity contribution in [2.75, 3.05) is 13.9 Å². The number of benzene rings is 2. The summed E-state index contributed by atoms with van der Waals surface area (Å²) >= 11 is 0. The first-order chi connectivity index (χ1) is 20.4. The number of methoxy groups -OCH3 is 1. The molecule has 0 radical (unpaired) electrons. The van der Waals surface area contributed by atoms with E-state index in [1.165, 1.54) is 31.9 Å². The van der Waals surface area contributed by atoms with Crippen LogP contribution in [0.4, 0.5) is 0 Å². The number of nitrogens with two attached hydrogens (primary N) is 1. The van der Waals surface area contributed by atoms with Crippen molar-refractivity contribution in [3.05, 3.63) is 89.7 Å². The van der Waals surface area contributed by atoms with Crippen molar-refractivity contribution in [1.82, 2.24) is 4.98 Å². The predicted molar refractivity (Wildman–Crippen MR) is 166 cm³/mol. The van der Waals surface area contributed by atoms with Gasteiger partial charge in [-0.2, -0.15) is 0 Å². The molecule has 1 heterocycles. The lowest BCUT2D eigenvalue weighted by Gasteiger charge is -2.28. The number of amides is 1. The van der Waals surface area contributed by atoms with Gasteiger partial charge in [-0.15, -0.1) is 0 Å². The summed E-state index contributed by atoms with van der Waals surface area (Å²) in [6, 6.07) is 21.8. The van der Waals surface area contributed by atoms with Gasteiger partial charge in [-0.25, -0.2) is 4.98 Å². The number of pyridine rings is 1. The Labute approximate surface area is 255 Å². The summed E-state index contributed by atoms with van der Waals surface area (Å²) in [5.74, 6) is -1.11. The fourth-order valence-electron chi connectivity index (χ4n) is 3.57. The maximum absolute atomic E-state index is 11.2. The third-order valence-corrected chi connectivity index (χ3v) is 5.60. The number of aromatic nitrogens is 1. The van der Waals surface area contributed by atoms with Crippen molar-refractivity contribution in [3.8, 4) is 11.5 Å². The Morgan fingerprint density at radius 2 is 1.60 bits per heavy atom. The van der Waals surface area contributed by atoms with E-state index in [0.717, 1.165) is 5.56 Å². The van der Waals surface area contributed by atoms with Crippen LogP contribution in [0.1, 0.15) is 70.5 Å². The number of primary amides is 1. The second-order valence-electron chi connectivity index (χ2n) is 10.0. The summed E-state index contributed by atoms with van der Waals surface area (Å²) in [4.78, 5) is 36.7. The lowest BCUT2D eigenvalue weighted by Crippen LogP contribution is -2.31. The second-order valence-corrected chi connectivity index (χ2v) is 10.0. The molecule has 236 valence electrons. The molecule has 2 aromatic carbocycles. The van der Waals surface area contributed by atoms with Gasteiger partial charge in [0.05, 0.1) is 19.3 Å². The molecule has 3 aromatic rings. The van der Waals surface area contributed by atoms with E-state index in [1.807, 2.05) is 69.3 Å². The number of nitrogens with zero attached hydrogens (tertiary/aromatic N) is 1. The SMILES string of the molecule is CCC(=O)O[C@@H](C)CC(C)(C)OCc1ccccc1.COc1ccnc(C(N)=O)c1OCOC(C)=O.Cc1ccccc1.[HH]. The Bertz CT molecular complexity index is 1260. The predicted octanol–water partition coefficient (Wildman–Crippen LogP) is 6.04. The average Bonchev–Trinajstić information content (AvgIpc) is 2.97. The van der Waals surface area contributed by atoms with E-state index in [-0.39, 0.29) is 43.1 Å². The highest BCUT2D eigenvalue weighted by Crippen LogP contribution is 2.29. The van der Waals surface area contributed by atoms with Crippen LogP contribution in [0.15, 0.2) is 72.9 Å². The van der Waals surface area contributed by atoms with Crippen LogP contribution in [0.5, 0.6) is 11.5 Å². The molecule has 0 saturated carbocycles. The van der Waals surface area contributed by atoms with E-state index in [9.17, 15) is 14.4 Å². The molecule has 0 aliphatic heterocycles. The van der Waals surface area contributed by atoms with Crippen molar-refractivity contribution >= 4 is 17.8 Å². The summed E-state index contributed by atoms with van der Waals surface area (Å²) in [5.41, 5.74) is 7.19. The Hall–Kier alpha value is -4.44. The third-order valence-electron chi connectivity index (χ3n) is 5.60. The molecular weight excluding hydrogens is 552 g/mol. The molecule has 10 heteroatoms. The third kappa shape index (κ3) is 16.0. The zero-order valence-electron chi connectivity index (χ0n) is 26.1. The van der Waals surface area contributed by atoms with E-state index in [1.54, 1.807) is 6.92 Å². The van der Waals surface area contributed by atoms with Crippen LogP contribution in [0.25, 0.3) is 0 Å². The van der Waals surface area contributed by atoms with E-state index in [2.05, 4.69) is 28.8 Å². The van der Waals surface area contributed by atoms with Gasteiger partial charge in [0, 0.05) is 33.5 Å². The highest BCUT2D eigenvalue weighted by Gasteiger charge is 2.23. The Kier molecular flexibility index (Phi) is 16.7. The minimum atomic E-state index is -0.762. The summed E-state index contributed by atoms with van der Waals surface area (Å²) < 4.78 is 25.8. The fourth-order valence-corrected chi connectivity index (χ4v) is 3.57. The van der Waals surface area contributed by atoms with Crippen LogP contribution in [-0.4, -0.2) is 48.4 Å². The molecule has 2 N–H and O–H groups in total. The van der Waals surface area contributed by atoms with Gasteiger partial charge in [0.25, 0.3) is 5.91 Å². The lowest BCUT2D eigenvalue weighted by molar-refractivity contribution is -0.151. The minimum Gasteiger partial charge on any atom is -0.493 e. The van der Waals surface area contributed by atoms with Crippen molar-refractivity contribution in [3.63, 3.8) is 0 Å². The number of rotatable bonds is 12. The van der Waals surface area contributed by atoms with Gasteiger partial charge in [-0.3, -0.25) is 14.4 Å². The van der Waals surface area contributed by atoms with E-state index >= 15 is 0 Å². The molecule has 0 unspecified atom stereocenters. The van der Waals surface area contributed by atoms with Crippen LogP contribution < -0.4 is 15.2 Å². The normalized spacial score (nSPS) is 11.0. The molecule has 43 heavy (non-hydrogen) atoms. The zero-order chi connectivity index (χ0) is 32.3. The summed E-state index contributed by atoms with van der Waals surface area (Å²) in [6.07, 6.45) is 2.33. The van der Waals surface area contributed by atoms with Crippen molar-refractivity contribution in [2.24, 2.45) is 5.73 Å². The molecule has 1 amide bonds. The smallest absolute Gasteiger partial charge is 0.305 e. The first kappa shape index (κ1) is 36.6. The van der Waals surface area contributed by atoms with Crippen molar-refractivity contribution in [1.29, 1.82) is 0 Å². The number of esters is 2. The number of carbonyl (C=O) groups excluding carboxylic acids is 3. The highest BCUT2D eigenvalue weighted by atomic mass is 16.7. The Morgan fingerprint density at radius 1 is 1.00 bits per heavy atom. The van der Waals surface area contributed by atoms with Crippen LogP contribution in [0, 0.1) is 6.92 Å². The molecule has 10 nitrogen and oxygen atoms in total. The van der Waals surface area contributed by atoms with E-state index in [4.69, 9.17) is 24.7 Å². The molecule has 3 rings (SSSR count). The molecule has 1 aromatic heterocycles. The Balaban J connectivity index is 0.000000679. The molecule has 1 atom stereocenters. The van der Waals surface area contributed by atoms with Gasteiger partial charge in [-0.05, 0) is 33.3 Å². The average molecular weight is 599 g/mol.